The van der Waals surface area contributed by atoms with Gasteiger partial charge in [-0.25, -0.2) is 4.39 Å². The van der Waals surface area contributed by atoms with Crippen molar-refractivity contribution < 1.29 is 28.2 Å². The molecular weight excluding hydrogens is 403 g/mol. The zero-order valence-corrected chi connectivity index (χ0v) is 18.1. The summed E-state index contributed by atoms with van der Waals surface area (Å²) in [6.45, 7) is 8.20. The molecule has 2 aromatic rings. The van der Waals surface area contributed by atoms with Gasteiger partial charge < -0.3 is 24.1 Å². The Kier molecular flexibility index (Phi) is 6.80. The summed E-state index contributed by atoms with van der Waals surface area (Å²) < 4.78 is 24.9. The molecule has 1 aromatic carbocycles. The molecule has 0 saturated carbocycles. The molecular formula is C23H27FN2O5. The number of furan rings is 1. The van der Waals surface area contributed by atoms with Crippen LogP contribution in [0.3, 0.4) is 0 Å². The van der Waals surface area contributed by atoms with Gasteiger partial charge in [0, 0.05) is 13.1 Å². The number of Topliss-reactive ketones (excluding diaryl/α,β-unsaturated/α-hetero) is 1. The normalized spacial score (nSPS) is 18.3. The van der Waals surface area contributed by atoms with Gasteiger partial charge in [-0.05, 0) is 50.3 Å². The third-order valence-electron chi connectivity index (χ3n) is 5.54. The Bertz CT molecular complexity index is 1010. The van der Waals surface area contributed by atoms with E-state index in [9.17, 15) is 19.1 Å². The second-order valence-electron chi connectivity index (χ2n) is 7.31. The van der Waals surface area contributed by atoms with Crippen LogP contribution in [0.5, 0.6) is 5.75 Å². The van der Waals surface area contributed by atoms with Gasteiger partial charge in [0.15, 0.2) is 0 Å². The number of carbonyl (C=O) groups excluding carboxylic acids is 2. The number of aliphatic hydroxyl groups excluding tert-OH is 1. The number of hydrogen-bond acceptors (Lipinski definition) is 6. The number of likely N-dealkylation sites (tertiary alicyclic amines) is 1. The van der Waals surface area contributed by atoms with Crippen LogP contribution in [-0.2, 0) is 9.59 Å². The van der Waals surface area contributed by atoms with Crippen LogP contribution in [0.2, 0.25) is 0 Å². The Morgan fingerprint density at radius 3 is 2.52 bits per heavy atom. The lowest BCUT2D eigenvalue weighted by Gasteiger charge is -2.26. The van der Waals surface area contributed by atoms with Gasteiger partial charge in [0.1, 0.15) is 34.9 Å². The summed E-state index contributed by atoms with van der Waals surface area (Å²) in [6, 6.07) is 6.09. The van der Waals surface area contributed by atoms with Crippen LogP contribution in [0.1, 0.15) is 37.0 Å². The van der Waals surface area contributed by atoms with Gasteiger partial charge >= 0.3 is 0 Å². The van der Waals surface area contributed by atoms with Gasteiger partial charge in [-0.15, -0.1) is 0 Å². The molecule has 1 amide bonds. The van der Waals surface area contributed by atoms with E-state index in [0.29, 0.717) is 18.1 Å². The number of benzene rings is 1. The number of aryl methyl sites for hydroxylation is 1. The number of ether oxygens (including phenoxy) is 1. The minimum Gasteiger partial charge on any atom is -0.507 e. The monoisotopic (exact) mass is 430 g/mol. The summed E-state index contributed by atoms with van der Waals surface area (Å²) in [5.41, 5.74) is -0.152. The molecule has 1 N–H and O–H groups in total. The fourth-order valence-electron chi connectivity index (χ4n) is 3.81. The molecule has 0 aliphatic carbocycles. The summed E-state index contributed by atoms with van der Waals surface area (Å²) in [4.78, 5) is 29.4. The zero-order chi connectivity index (χ0) is 22.7. The maximum Gasteiger partial charge on any atom is 0.295 e. The number of rotatable bonds is 8. The first kappa shape index (κ1) is 22.6. The number of likely N-dealkylation sites (N-methyl/N-ethyl adjacent to an activating group) is 1. The second kappa shape index (κ2) is 9.34. The molecule has 0 bridgehead atoms. The molecule has 1 saturated heterocycles. The first-order chi connectivity index (χ1) is 14.8. The van der Waals surface area contributed by atoms with Crippen LogP contribution in [0, 0.1) is 12.7 Å². The van der Waals surface area contributed by atoms with Crippen LogP contribution < -0.4 is 4.74 Å². The van der Waals surface area contributed by atoms with Gasteiger partial charge in [-0.3, -0.25) is 9.59 Å². The van der Waals surface area contributed by atoms with E-state index in [1.807, 2.05) is 13.8 Å². The first-order valence-corrected chi connectivity index (χ1v) is 10.2. The Morgan fingerprint density at radius 2 is 1.94 bits per heavy atom. The van der Waals surface area contributed by atoms with E-state index >= 15 is 0 Å². The average Bonchev–Trinajstić information content (AvgIpc) is 3.29. The van der Waals surface area contributed by atoms with E-state index in [-0.39, 0.29) is 23.4 Å². The number of amides is 1. The largest absolute Gasteiger partial charge is 0.507 e. The highest BCUT2D eigenvalue weighted by atomic mass is 19.1. The molecule has 31 heavy (non-hydrogen) atoms. The number of nitrogens with zero attached hydrogens (tertiary/aromatic N) is 2. The molecule has 3 rings (SSSR count). The van der Waals surface area contributed by atoms with Gasteiger partial charge in [0.05, 0.1) is 18.2 Å². The van der Waals surface area contributed by atoms with Gasteiger partial charge in [-0.1, -0.05) is 13.8 Å². The van der Waals surface area contributed by atoms with Crippen molar-refractivity contribution in [3.8, 4) is 5.75 Å². The number of methoxy groups -OCH3 is 1. The molecule has 1 aliphatic heterocycles. The van der Waals surface area contributed by atoms with E-state index in [0.717, 1.165) is 19.2 Å². The molecule has 0 spiro atoms. The predicted octanol–water partition coefficient (Wildman–Crippen LogP) is 3.50. The Balaban J connectivity index is 2.13. The Labute approximate surface area is 180 Å². The van der Waals surface area contributed by atoms with Crippen molar-refractivity contribution in [3.05, 3.63) is 58.8 Å². The third-order valence-corrected chi connectivity index (χ3v) is 5.54. The summed E-state index contributed by atoms with van der Waals surface area (Å²) >= 11 is 0. The average molecular weight is 430 g/mol. The lowest BCUT2D eigenvalue weighted by molar-refractivity contribution is -0.140. The minimum absolute atomic E-state index is 0.00230. The highest BCUT2D eigenvalue weighted by Crippen LogP contribution is 2.41. The third kappa shape index (κ3) is 4.34. The molecule has 7 nitrogen and oxygen atoms in total. The van der Waals surface area contributed by atoms with Crippen molar-refractivity contribution >= 4 is 17.4 Å². The maximum atomic E-state index is 13.9. The quantitative estimate of drug-likeness (QED) is 0.392. The second-order valence-corrected chi connectivity index (χ2v) is 7.31. The Hall–Kier alpha value is -3.13. The first-order valence-electron chi connectivity index (χ1n) is 10.2. The van der Waals surface area contributed by atoms with E-state index in [1.165, 1.54) is 24.1 Å². The molecule has 0 radical (unpaired) electrons. The van der Waals surface area contributed by atoms with Crippen molar-refractivity contribution in [2.24, 2.45) is 0 Å². The summed E-state index contributed by atoms with van der Waals surface area (Å²) in [5, 5.41) is 11.1. The Morgan fingerprint density at radius 1 is 1.23 bits per heavy atom. The fourth-order valence-corrected chi connectivity index (χ4v) is 3.81. The molecule has 2 heterocycles. The number of carbonyl (C=O) groups is 2. The van der Waals surface area contributed by atoms with Gasteiger partial charge in [-0.2, -0.15) is 0 Å². The highest BCUT2D eigenvalue weighted by molar-refractivity contribution is 6.46. The molecule has 1 fully saturated rings. The van der Waals surface area contributed by atoms with Crippen molar-refractivity contribution in [1.29, 1.82) is 0 Å². The van der Waals surface area contributed by atoms with Crippen LogP contribution in [0.25, 0.3) is 5.76 Å². The van der Waals surface area contributed by atoms with Crippen molar-refractivity contribution in [2.75, 3.05) is 33.3 Å². The predicted molar refractivity (Wildman–Crippen MR) is 113 cm³/mol. The standard InChI is InChI=1S/C23H27FN2O5/c1-5-25(6-2)11-12-26-20(18-9-7-14(3)31-18)19(22(28)23(26)29)21(27)16-13-15(24)8-10-17(16)30-4/h7-10,13,20,27H,5-6,11-12H2,1-4H3/b21-19+. The van der Waals surface area contributed by atoms with E-state index in [2.05, 4.69) is 4.90 Å². The summed E-state index contributed by atoms with van der Waals surface area (Å²) in [7, 11) is 1.38. The SMILES string of the molecule is CCN(CC)CCN1C(=O)C(=O)/C(=C(/O)c2cc(F)ccc2OC)C1c1ccc(C)o1. The van der Waals surface area contributed by atoms with Crippen LogP contribution in [0.4, 0.5) is 4.39 Å². The summed E-state index contributed by atoms with van der Waals surface area (Å²) in [5.74, 6) is -1.54. The number of halogens is 1. The zero-order valence-electron chi connectivity index (χ0n) is 18.1. The molecule has 1 aromatic heterocycles. The van der Waals surface area contributed by atoms with E-state index < -0.39 is 29.3 Å². The van der Waals surface area contributed by atoms with Crippen LogP contribution in [0.15, 0.2) is 40.3 Å². The van der Waals surface area contributed by atoms with Crippen molar-refractivity contribution in [3.63, 3.8) is 0 Å². The van der Waals surface area contributed by atoms with Crippen molar-refractivity contribution in [2.45, 2.75) is 26.8 Å². The van der Waals surface area contributed by atoms with Crippen LogP contribution in [-0.4, -0.2) is 59.9 Å². The van der Waals surface area contributed by atoms with E-state index in [4.69, 9.17) is 9.15 Å². The molecule has 1 atom stereocenters. The highest BCUT2D eigenvalue weighted by Gasteiger charge is 2.47. The topological polar surface area (TPSA) is 83.2 Å². The summed E-state index contributed by atoms with van der Waals surface area (Å²) in [6.07, 6.45) is 0. The van der Waals surface area contributed by atoms with E-state index in [1.54, 1.807) is 19.1 Å². The van der Waals surface area contributed by atoms with Crippen LogP contribution >= 0.6 is 0 Å². The lowest BCUT2D eigenvalue weighted by atomic mass is 9.98. The molecule has 166 valence electrons. The molecule has 1 unspecified atom stereocenters. The smallest absolute Gasteiger partial charge is 0.295 e. The number of hydrogen-bond donors (Lipinski definition) is 1. The lowest BCUT2D eigenvalue weighted by Crippen LogP contribution is -2.37. The number of ketones is 1. The fraction of sp³-hybridized carbons (Fsp3) is 0.391. The van der Waals surface area contributed by atoms with Gasteiger partial charge in [0.2, 0.25) is 0 Å². The molecule has 1 aliphatic rings. The van der Waals surface area contributed by atoms with Crippen molar-refractivity contribution in [1.82, 2.24) is 9.80 Å². The maximum absolute atomic E-state index is 13.9. The molecule has 8 heteroatoms. The minimum atomic E-state index is -0.919. The number of aliphatic hydroxyl groups is 1. The van der Waals surface area contributed by atoms with Gasteiger partial charge in [0.25, 0.3) is 11.7 Å².